The van der Waals surface area contributed by atoms with Gasteiger partial charge in [0.25, 0.3) is 5.91 Å². The number of carbonyl (C=O) groups is 2. The first-order valence-corrected chi connectivity index (χ1v) is 9.01. The molecule has 1 N–H and O–H groups in total. The van der Waals surface area contributed by atoms with Gasteiger partial charge in [0.2, 0.25) is 0 Å². The van der Waals surface area contributed by atoms with E-state index < -0.39 is 41.1 Å². The van der Waals surface area contributed by atoms with Crippen LogP contribution >= 0.6 is 11.8 Å². The van der Waals surface area contributed by atoms with Crippen molar-refractivity contribution in [3.8, 4) is 0 Å². The number of hydrogen-bond acceptors (Lipinski definition) is 4. The van der Waals surface area contributed by atoms with Crippen LogP contribution in [-0.4, -0.2) is 23.7 Å². The number of halogens is 3. The number of rotatable bonds is 6. The Morgan fingerprint density at radius 3 is 2.52 bits per heavy atom. The van der Waals surface area contributed by atoms with Gasteiger partial charge < -0.3 is 10.1 Å². The van der Waals surface area contributed by atoms with Crippen LogP contribution in [0.5, 0.6) is 0 Å². The highest BCUT2D eigenvalue weighted by Gasteiger charge is 2.21. The van der Waals surface area contributed by atoms with E-state index in [0.717, 1.165) is 22.1 Å². The van der Waals surface area contributed by atoms with Crippen LogP contribution in [0.3, 0.4) is 0 Å². The Morgan fingerprint density at radius 1 is 1.11 bits per heavy atom. The monoisotopic (exact) mass is 397 g/mol. The second kappa shape index (κ2) is 8.94. The van der Waals surface area contributed by atoms with E-state index >= 15 is 0 Å². The number of thioether (sulfide) groups is 1. The number of ether oxygens (including phenoxy) is 1. The van der Waals surface area contributed by atoms with Gasteiger partial charge in [-0.3, -0.25) is 9.59 Å². The summed E-state index contributed by atoms with van der Waals surface area (Å²) in [6.45, 7) is 5.15. The van der Waals surface area contributed by atoms with E-state index in [4.69, 9.17) is 4.74 Å². The fourth-order valence-corrected chi connectivity index (χ4v) is 3.05. The van der Waals surface area contributed by atoms with Crippen molar-refractivity contribution < 1.29 is 27.5 Å². The zero-order chi connectivity index (χ0) is 20.1. The maximum atomic E-state index is 13.6. The lowest BCUT2D eigenvalue weighted by molar-refractivity contribution is -0.150. The van der Waals surface area contributed by atoms with E-state index in [9.17, 15) is 22.8 Å². The van der Waals surface area contributed by atoms with Crippen LogP contribution < -0.4 is 5.32 Å². The molecule has 0 saturated carbocycles. The largest absolute Gasteiger partial charge is 0.452 e. The highest BCUT2D eigenvalue weighted by Crippen LogP contribution is 2.24. The fourth-order valence-electron chi connectivity index (χ4n) is 2.14. The van der Waals surface area contributed by atoms with Crippen molar-refractivity contribution in [3.05, 3.63) is 58.9 Å². The summed E-state index contributed by atoms with van der Waals surface area (Å²) in [5.74, 6) is -6.08. The number of anilines is 1. The molecule has 0 aliphatic rings. The zero-order valence-corrected chi connectivity index (χ0v) is 15.8. The Balaban J connectivity index is 1.91. The number of carbonyl (C=O) groups excluding carboxylic acids is 2. The average Bonchev–Trinajstić information content (AvgIpc) is 2.62. The van der Waals surface area contributed by atoms with Crippen molar-refractivity contribution in [3.63, 3.8) is 0 Å². The Labute approximate surface area is 159 Å². The van der Waals surface area contributed by atoms with Crippen LogP contribution in [0.1, 0.15) is 18.1 Å². The van der Waals surface area contributed by atoms with Gasteiger partial charge in [0.05, 0.1) is 11.4 Å². The molecule has 0 unspecified atom stereocenters. The van der Waals surface area contributed by atoms with Crippen LogP contribution in [-0.2, 0) is 14.3 Å². The number of nitrogens with one attached hydrogen (secondary N) is 1. The van der Waals surface area contributed by atoms with Crippen LogP contribution in [0.25, 0.3) is 0 Å². The standard InChI is InChI=1S/C19H18F3NO3S/c1-10-4-5-11(2)15(8-10)27-9-16(24)26-12(3)19(25)23-14-7-6-13(20)17(21)18(14)22/h4-8,12H,9H2,1-3H3,(H,23,25)/t12-/m0/s1. The molecule has 0 aliphatic carbocycles. The molecule has 0 aliphatic heterocycles. The van der Waals surface area contributed by atoms with Crippen molar-refractivity contribution in [1.29, 1.82) is 0 Å². The average molecular weight is 397 g/mol. The van der Waals surface area contributed by atoms with Gasteiger partial charge in [0.1, 0.15) is 0 Å². The predicted octanol–water partition coefficient (Wildman–Crippen LogP) is 4.38. The van der Waals surface area contributed by atoms with E-state index in [1.807, 2.05) is 32.0 Å². The van der Waals surface area contributed by atoms with E-state index in [0.29, 0.717) is 6.07 Å². The molecule has 0 saturated heterocycles. The minimum atomic E-state index is -1.69. The molecule has 0 aromatic heterocycles. The van der Waals surface area contributed by atoms with E-state index in [1.165, 1.54) is 18.7 Å². The second-order valence-corrected chi connectivity index (χ2v) is 6.92. The molecule has 144 valence electrons. The molecule has 0 radical (unpaired) electrons. The predicted molar refractivity (Wildman–Crippen MR) is 97.1 cm³/mol. The maximum Gasteiger partial charge on any atom is 0.317 e. The first-order chi connectivity index (χ1) is 12.7. The SMILES string of the molecule is Cc1ccc(C)c(SCC(=O)O[C@@H](C)C(=O)Nc2ccc(F)c(F)c2F)c1. The Morgan fingerprint density at radius 2 is 1.81 bits per heavy atom. The van der Waals surface area contributed by atoms with E-state index in [-0.39, 0.29) is 5.75 Å². The van der Waals surface area contributed by atoms with Crippen molar-refractivity contribution >= 4 is 29.3 Å². The van der Waals surface area contributed by atoms with Crippen LogP contribution in [0.4, 0.5) is 18.9 Å². The number of amides is 1. The van der Waals surface area contributed by atoms with Crippen LogP contribution in [0, 0.1) is 31.3 Å². The summed E-state index contributed by atoms with van der Waals surface area (Å²) < 4.78 is 44.7. The van der Waals surface area contributed by atoms with Gasteiger partial charge in [-0.15, -0.1) is 11.8 Å². The minimum Gasteiger partial charge on any atom is -0.452 e. The highest BCUT2D eigenvalue weighted by atomic mass is 32.2. The summed E-state index contributed by atoms with van der Waals surface area (Å²) in [4.78, 5) is 24.9. The lowest BCUT2D eigenvalue weighted by Crippen LogP contribution is -2.31. The van der Waals surface area contributed by atoms with Gasteiger partial charge in [-0.2, -0.15) is 0 Å². The fraction of sp³-hybridized carbons (Fsp3) is 0.263. The molecule has 2 aromatic rings. The van der Waals surface area contributed by atoms with Crippen molar-refractivity contribution in [2.45, 2.75) is 31.8 Å². The zero-order valence-electron chi connectivity index (χ0n) is 14.9. The summed E-state index contributed by atoms with van der Waals surface area (Å²) in [7, 11) is 0. The molecule has 1 amide bonds. The number of esters is 1. The van der Waals surface area contributed by atoms with E-state index in [2.05, 4.69) is 5.32 Å². The van der Waals surface area contributed by atoms with Crippen molar-refractivity contribution in [2.75, 3.05) is 11.1 Å². The molecule has 2 rings (SSSR count). The van der Waals surface area contributed by atoms with Gasteiger partial charge in [0, 0.05) is 4.90 Å². The first kappa shape index (κ1) is 20.8. The van der Waals surface area contributed by atoms with Gasteiger partial charge in [-0.05, 0) is 44.5 Å². The molecule has 0 bridgehead atoms. The maximum absolute atomic E-state index is 13.6. The van der Waals surface area contributed by atoms with Gasteiger partial charge in [-0.25, -0.2) is 13.2 Å². The van der Waals surface area contributed by atoms with Crippen LogP contribution in [0.2, 0.25) is 0 Å². The van der Waals surface area contributed by atoms with Crippen LogP contribution in [0.15, 0.2) is 35.2 Å². The third-order valence-corrected chi connectivity index (χ3v) is 4.79. The highest BCUT2D eigenvalue weighted by molar-refractivity contribution is 8.00. The quantitative estimate of drug-likeness (QED) is 0.446. The lowest BCUT2D eigenvalue weighted by Gasteiger charge is -2.14. The molecular weight excluding hydrogens is 379 g/mol. The summed E-state index contributed by atoms with van der Waals surface area (Å²) >= 11 is 1.28. The van der Waals surface area contributed by atoms with Gasteiger partial charge in [0.15, 0.2) is 23.6 Å². The Bertz CT molecular complexity index is 874. The summed E-state index contributed by atoms with van der Waals surface area (Å²) in [6, 6.07) is 7.41. The molecule has 8 heteroatoms. The lowest BCUT2D eigenvalue weighted by atomic mass is 10.2. The molecule has 1 atom stereocenters. The summed E-state index contributed by atoms with van der Waals surface area (Å²) in [5, 5.41) is 2.07. The van der Waals surface area contributed by atoms with Gasteiger partial charge in [-0.1, -0.05) is 17.7 Å². The molecule has 4 nitrogen and oxygen atoms in total. The molecular formula is C19H18F3NO3S. The smallest absolute Gasteiger partial charge is 0.317 e. The van der Waals surface area contributed by atoms with E-state index in [1.54, 1.807) is 0 Å². The summed E-state index contributed by atoms with van der Waals surface area (Å²) in [6.07, 6.45) is -1.23. The van der Waals surface area contributed by atoms with Crippen molar-refractivity contribution in [2.24, 2.45) is 0 Å². The van der Waals surface area contributed by atoms with Gasteiger partial charge >= 0.3 is 5.97 Å². The third-order valence-electron chi connectivity index (χ3n) is 3.66. The minimum absolute atomic E-state index is 0.0124. The number of hydrogen-bond donors (Lipinski definition) is 1. The molecule has 0 spiro atoms. The topological polar surface area (TPSA) is 55.4 Å². The number of aryl methyl sites for hydroxylation is 2. The Hall–Kier alpha value is -2.48. The normalized spacial score (nSPS) is 11.8. The van der Waals surface area contributed by atoms with Crippen molar-refractivity contribution in [1.82, 2.24) is 0 Å². The molecule has 2 aromatic carbocycles. The number of benzene rings is 2. The second-order valence-electron chi connectivity index (χ2n) is 5.90. The molecule has 27 heavy (non-hydrogen) atoms. The first-order valence-electron chi connectivity index (χ1n) is 8.03. The summed E-state index contributed by atoms with van der Waals surface area (Å²) in [5.41, 5.74) is 1.53. The Kier molecular flexibility index (Phi) is 6.90. The third kappa shape index (κ3) is 5.50. The molecule has 0 heterocycles. The molecule has 0 fully saturated rings.